The zero-order valence-electron chi connectivity index (χ0n) is 12.1. The normalized spacial score (nSPS) is 13.1. The van der Waals surface area contributed by atoms with Crippen molar-refractivity contribution >= 4 is 0 Å². The van der Waals surface area contributed by atoms with Gasteiger partial charge in [-0.15, -0.1) is 6.58 Å². The second-order valence-corrected chi connectivity index (χ2v) is 5.32. The minimum atomic E-state index is -0.277. The number of benzene rings is 1. The average Bonchev–Trinajstić information content (AvgIpc) is 2.43. The predicted octanol–water partition coefficient (Wildman–Crippen LogP) is 3.18. The van der Waals surface area contributed by atoms with E-state index in [-0.39, 0.29) is 18.1 Å². The molecular weight excluding hydrogens is 240 g/mol. The summed E-state index contributed by atoms with van der Waals surface area (Å²) in [5.41, 5.74) is 0.810. The first-order chi connectivity index (χ1) is 9.03. The molecule has 0 aliphatic carbocycles. The Morgan fingerprint density at radius 3 is 2.42 bits per heavy atom. The molecule has 1 aromatic rings. The van der Waals surface area contributed by atoms with Gasteiger partial charge in [-0.2, -0.15) is 0 Å². The monoisotopic (exact) mass is 264 g/mol. The first-order valence-corrected chi connectivity index (χ1v) is 6.49. The lowest BCUT2D eigenvalue weighted by Crippen LogP contribution is -2.34. The Balaban J connectivity index is 2.62. The van der Waals surface area contributed by atoms with Gasteiger partial charge in [0.05, 0.1) is 26.4 Å². The molecule has 0 bridgehead atoms. The molecule has 1 atom stereocenters. The van der Waals surface area contributed by atoms with Crippen molar-refractivity contribution in [2.24, 2.45) is 5.41 Å². The molecule has 19 heavy (non-hydrogen) atoms. The topological polar surface area (TPSA) is 38.7 Å². The zero-order chi connectivity index (χ0) is 14.3. The van der Waals surface area contributed by atoms with Gasteiger partial charge >= 0.3 is 0 Å². The third kappa shape index (κ3) is 4.69. The Bertz CT molecular complexity index is 381. The fourth-order valence-electron chi connectivity index (χ4n) is 1.78. The number of aliphatic hydroxyl groups is 1. The largest absolute Gasteiger partial charge is 0.497 e. The summed E-state index contributed by atoms with van der Waals surface area (Å²) in [6, 6.07) is 7.79. The maximum absolute atomic E-state index is 9.43. The Kier molecular flexibility index (Phi) is 6.06. The van der Waals surface area contributed by atoms with Crippen molar-refractivity contribution in [3.63, 3.8) is 0 Å². The van der Waals surface area contributed by atoms with E-state index in [2.05, 4.69) is 6.58 Å². The second kappa shape index (κ2) is 7.31. The summed E-state index contributed by atoms with van der Waals surface area (Å²) < 4.78 is 11.0. The minimum absolute atomic E-state index is 0.0444. The van der Waals surface area contributed by atoms with Gasteiger partial charge < -0.3 is 14.6 Å². The summed E-state index contributed by atoms with van der Waals surface area (Å²) in [4.78, 5) is 0. The number of ether oxygens (including phenoxy) is 2. The molecule has 1 N–H and O–H groups in total. The first kappa shape index (κ1) is 15.7. The Morgan fingerprint density at radius 2 is 1.95 bits per heavy atom. The van der Waals surface area contributed by atoms with Gasteiger partial charge in [0, 0.05) is 5.41 Å². The number of hydrogen-bond acceptors (Lipinski definition) is 3. The fourth-order valence-corrected chi connectivity index (χ4v) is 1.78. The van der Waals surface area contributed by atoms with E-state index >= 15 is 0 Å². The van der Waals surface area contributed by atoms with Crippen molar-refractivity contribution < 1.29 is 14.6 Å². The van der Waals surface area contributed by atoms with E-state index in [1.165, 1.54) is 0 Å². The highest BCUT2D eigenvalue weighted by atomic mass is 16.5. The van der Waals surface area contributed by atoms with E-state index in [1.54, 1.807) is 7.11 Å². The molecule has 0 heterocycles. The second-order valence-electron chi connectivity index (χ2n) is 5.32. The predicted molar refractivity (Wildman–Crippen MR) is 77.3 cm³/mol. The first-order valence-electron chi connectivity index (χ1n) is 6.49. The minimum Gasteiger partial charge on any atom is -0.497 e. The molecule has 0 radical (unpaired) electrons. The summed E-state index contributed by atoms with van der Waals surface area (Å²) in [6.45, 7) is 8.35. The van der Waals surface area contributed by atoms with Gasteiger partial charge in [0.25, 0.3) is 0 Å². The van der Waals surface area contributed by atoms with Gasteiger partial charge in [-0.3, -0.25) is 0 Å². The lowest BCUT2D eigenvalue weighted by molar-refractivity contribution is -0.0551. The van der Waals surface area contributed by atoms with Crippen LogP contribution in [-0.4, -0.2) is 24.9 Å². The SMILES string of the molecule is C=CCC(OCc1ccc(OC)cc1)C(C)(C)CO. The number of aliphatic hydroxyl groups excluding tert-OH is 1. The summed E-state index contributed by atoms with van der Waals surface area (Å²) in [7, 11) is 1.65. The van der Waals surface area contributed by atoms with Crippen LogP contribution in [0.4, 0.5) is 0 Å². The number of methoxy groups -OCH3 is 1. The van der Waals surface area contributed by atoms with Gasteiger partial charge in [0.15, 0.2) is 0 Å². The summed E-state index contributed by atoms with van der Waals surface area (Å²) >= 11 is 0. The van der Waals surface area contributed by atoms with Gasteiger partial charge in [-0.1, -0.05) is 32.1 Å². The lowest BCUT2D eigenvalue weighted by Gasteiger charge is -2.32. The number of rotatable bonds is 8. The van der Waals surface area contributed by atoms with Gasteiger partial charge in [0.2, 0.25) is 0 Å². The van der Waals surface area contributed by atoms with Crippen molar-refractivity contribution in [1.29, 1.82) is 0 Å². The standard InChI is InChI=1S/C16H24O3/c1-5-6-15(16(2,3)12-17)19-11-13-7-9-14(18-4)10-8-13/h5,7-10,15,17H,1,6,11-12H2,2-4H3. The van der Waals surface area contributed by atoms with Crippen molar-refractivity contribution in [2.45, 2.75) is 33.0 Å². The lowest BCUT2D eigenvalue weighted by atomic mass is 9.85. The molecule has 3 nitrogen and oxygen atoms in total. The van der Waals surface area contributed by atoms with Crippen LogP contribution >= 0.6 is 0 Å². The third-order valence-corrected chi connectivity index (χ3v) is 3.27. The Hall–Kier alpha value is -1.32. The Morgan fingerprint density at radius 1 is 1.32 bits per heavy atom. The van der Waals surface area contributed by atoms with Crippen LogP contribution in [0.2, 0.25) is 0 Å². The molecule has 1 unspecified atom stereocenters. The molecule has 0 aliphatic heterocycles. The van der Waals surface area contributed by atoms with E-state index in [1.807, 2.05) is 44.2 Å². The Labute approximate surface area is 115 Å². The maximum Gasteiger partial charge on any atom is 0.118 e. The van der Waals surface area contributed by atoms with Gasteiger partial charge in [-0.25, -0.2) is 0 Å². The molecule has 0 aliphatic rings. The van der Waals surface area contributed by atoms with Crippen LogP contribution in [0.25, 0.3) is 0 Å². The third-order valence-electron chi connectivity index (χ3n) is 3.27. The molecule has 3 heteroatoms. The number of hydrogen-bond donors (Lipinski definition) is 1. The molecular formula is C16H24O3. The van der Waals surface area contributed by atoms with Crippen molar-refractivity contribution in [3.05, 3.63) is 42.5 Å². The van der Waals surface area contributed by atoms with Crippen LogP contribution < -0.4 is 4.74 Å². The van der Waals surface area contributed by atoms with Crippen LogP contribution in [-0.2, 0) is 11.3 Å². The van der Waals surface area contributed by atoms with Crippen LogP contribution in [0.1, 0.15) is 25.8 Å². The van der Waals surface area contributed by atoms with E-state index in [4.69, 9.17) is 9.47 Å². The van der Waals surface area contributed by atoms with E-state index in [0.29, 0.717) is 6.61 Å². The summed E-state index contributed by atoms with van der Waals surface area (Å²) in [5, 5.41) is 9.43. The molecule has 0 aromatic heterocycles. The highest BCUT2D eigenvalue weighted by Crippen LogP contribution is 2.26. The maximum atomic E-state index is 9.43. The van der Waals surface area contributed by atoms with Crippen LogP contribution in [0.3, 0.4) is 0 Å². The smallest absolute Gasteiger partial charge is 0.118 e. The molecule has 0 spiro atoms. The van der Waals surface area contributed by atoms with E-state index < -0.39 is 0 Å². The fraction of sp³-hybridized carbons (Fsp3) is 0.500. The van der Waals surface area contributed by atoms with E-state index in [9.17, 15) is 5.11 Å². The van der Waals surface area contributed by atoms with Crippen molar-refractivity contribution in [3.8, 4) is 5.75 Å². The van der Waals surface area contributed by atoms with Crippen LogP contribution in [0, 0.1) is 5.41 Å². The molecule has 0 saturated heterocycles. The summed E-state index contributed by atoms with van der Waals surface area (Å²) in [6.07, 6.45) is 2.51. The highest BCUT2D eigenvalue weighted by molar-refractivity contribution is 5.26. The summed E-state index contributed by atoms with van der Waals surface area (Å²) in [5.74, 6) is 0.835. The molecule has 0 saturated carbocycles. The van der Waals surface area contributed by atoms with Gasteiger partial charge in [-0.05, 0) is 24.1 Å². The molecule has 0 amide bonds. The quantitative estimate of drug-likeness (QED) is 0.733. The average molecular weight is 264 g/mol. The molecule has 1 rings (SSSR count). The highest BCUT2D eigenvalue weighted by Gasteiger charge is 2.28. The molecule has 1 aromatic carbocycles. The van der Waals surface area contributed by atoms with Crippen LogP contribution in [0.5, 0.6) is 5.75 Å². The van der Waals surface area contributed by atoms with Gasteiger partial charge in [0.1, 0.15) is 5.75 Å². The van der Waals surface area contributed by atoms with Crippen molar-refractivity contribution in [2.75, 3.05) is 13.7 Å². The molecule has 106 valence electrons. The molecule has 0 fully saturated rings. The van der Waals surface area contributed by atoms with E-state index in [0.717, 1.165) is 17.7 Å². The van der Waals surface area contributed by atoms with Crippen LogP contribution in [0.15, 0.2) is 36.9 Å². The zero-order valence-corrected chi connectivity index (χ0v) is 12.1. The van der Waals surface area contributed by atoms with Crippen molar-refractivity contribution in [1.82, 2.24) is 0 Å².